The smallest absolute Gasteiger partial charge is 0.419 e. The second-order valence-corrected chi connectivity index (χ2v) is 15.5. The summed E-state index contributed by atoms with van der Waals surface area (Å²) < 4.78 is 61.8. The van der Waals surface area contributed by atoms with E-state index in [0.29, 0.717) is 74.1 Å². The number of benzene rings is 2. The molecule has 17 heteroatoms. The quantitative estimate of drug-likeness (QED) is 0.142. The molecule has 1 N–H and O–H groups in total. The number of hydrogen-bond donors (Lipinski definition) is 1. The highest BCUT2D eigenvalue weighted by atomic mass is 32.1. The zero-order chi connectivity index (χ0) is 41.9. The normalized spacial score (nSPS) is 19.0. The highest BCUT2D eigenvalue weighted by Gasteiger charge is 2.51. The standard InChI is InChI=1S/C41H43F4N7O5S/c1-4-27-20-30(52-39(58)51(38(56)40(52,2)3)31-21-33(41(43,44)45)34(22-46)47-23-31)6-7-35(27)57-14-13-49-9-11-50(12-10-49)24-32(53)19-26-15-25(17-29(42)18-26)16-28-5-8-36(54)48-37(28)55/h6-7,15,17-18,20-21,23,28H,4-5,8-14,16,19,24H2,1-3H3,(H,48,54,55). The molecule has 58 heavy (non-hydrogen) atoms. The third-order valence-corrected chi connectivity index (χ3v) is 11.0. The Morgan fingerprint density at radius 2 is 1.74 bits per heavy atom. The fourth-order valence-corrected chi connectivity index (χ4v) is 8.12. The van der Waals surface area contributed by atoms with Crippen LogP contribution in [0.15, 0.2) is 48.7 Å². The Bertz CT molecular complexity index is 2170. The van der Waals surface area contributed by atoms with Crippen molar-refractivity contribution in [2.24, 2.45) is 5.92 Å². The molecular formula is C41H43F4N7O5S. The number of nitriles is 1. The van der Waals surface area contributed by atoms with E-state index in [0.717, 1.165) is 29.7 Å². The molecule has 1 unspecified atom stereocenters. The maximum atomic E-state index is 14.5. The van der Waals surface area contributed by atoms with Crippen LogP contribution in [0.3, 0.4) is 0 Å². The molecule has 3 aliphatic rings. The third-order valence-electron chi connectivity index (χ3n) is 10.7. The molecule has 0 aliphatic carbocycles. The fraction of sp³-hybridized carbons (Fsp3) is 0.439. The molecule has 3 fully saturated rings. The average molecular weight is 822 g/mol. The van der Waals surface area contributed by atoms with Crippen LogP contribution in [0.4, 0.5) is 28.9 Å². The van der Waals surface area contributed by atoms with Crippen LogP contribution in [0, 0.1) is 23.1 Å². The number of amides is 3. The fourth-order valence-electron chi connectivity index (χ4n) is 7.60. The summed E-state index contributed by atoms with van der Waals surface area (Å²) in [6, 6.07) is 12.0. The number of imide groups is 1. The van der Waals surface area contributed by atoms with Gasteiger partial charge in [0.15, 0.2) is 16.6 Å². The van der Waals surface area contributed by atoms with Gasteiger partial charge in [-0.2, -0.15) is 18.4 Å². The number of aryl methyl sites for hydroxylation is 1. The minimum absolute atomic E-state index is 0.0312. The van der Waals surface area contributed by atoms with Crippen molar-refractivity contribution in [3.05, 3.63) is 82.4 Å². The maximum absolute atomic E-state index is 14.5. The van der Waals surface area contributed by atoms with Crippen LogP contribution in [0.5, 0.6) is 5.75 Å². The zero-order valence-corrected chi connectivity index (χ0v) is 33.1. The van der Waals surface area contributed by atoms with E-state index in [1.807, 2.05) is 13.0 Å². The highest BCUT2D eigenvalue weighted by molar-refractivity contribution is 7.81. The number of carbonyl (C=O) groups excluding carboxylic acids is 4. The zero-order valence-electron chi connectivity index (χ0n) is 32.3. The summed E-state index contributed by atoms with van der Waals surface area (Å²) in [7, 11) is 0. The molecule has 6 rings (SSSR count). The number of hydrogen-bond acceptors (Lipinski definition) is 10. The van der Waals surface area contributed by atoms with Gasteiger partial charge in [-0.1, -0.05) is 13.0 Å². The first-order valence-electron chi connectivity index (χ1n) is 19.0. The summed E-state index contributed by atoms with van der Waals surface area (Å²) in [5.74, 6) is -1.50. The molecular weight excluding hydrogens is 779 g/mol. The molecule has 4 heterocycles. The van der Waals surface area contributed by atoms with Crippen molar-refractivity contribution < 1.29 is 41.5 Å². The minimum atomic E-state index is -4.86. The van der Waals surface area contributed by atoms with E-state index in [4.69, 9.17) is 22.2 Å². The monoisotopic (exact) mass is 821 g/mol. The summed E-state index contributed by atoms with van der Waals surface area (Å²) in [6.07, 6.45) is -2.23. The number of nitrogens with one attached hydrogen (secondary N) is 1. The molecule has 3 aromatic rings. The van der Waals surface area contributed by atoms with Gasteiger partial charge in [0.05, 0.1) is 24.0 Å². The average Bonchev–Trinajstić information content (AvgIpc) is 3.34. The Hall–Kier alpha value is -5.31. The Kier molecular flexibility index (Phi) is 12.6. The lowest BCUT2D eigenvalue weighted by Gasteiger charge is -2.34. The predicted octanol–water partition coefficient (Wildman–Crippen LogP) is 4.99. The van der Waals surface area contributed by atoms with Crippen molar-refractivity contribution in [3.63, 3.8) is 0 Å². The van der Waals surface area contributed by atoms with Crippen LogP contribution < -0.4 is 19.9 Å². The second-order valence-electron chi connectivity index (χ2n) is 15.2. The summed E-state index contributed by atoms with van der Waals surface area (Å²) in [6.45, 7) is 9.24. The Balaban J connectivity index is 1.00. The van der Waals surface area contributed by atoms with Gasteiger partial charge in [0.25, 0.3) is 5.91 Å². The first-order chi connectivity index (χ1) is 27.5. The number of pyridine rings is 1. The number of halogens is 4. The molecule has 3 saturated heterocycles. The second kappa shape index (κ2) is 17.3. The first kappa shape index (κ1) is 42.3. The number of Topliss-reactive ketones (excluding diaryl/α,β-unsaturated/α-hetero) is 1. The van der Waals surface area contributed by atoms with E-state index in [1.165, 1.54) is 18.2 Å². The molecule has 3 amide bonds. The summed E-state index contributed by atoms with van der Waals surface area (Å²) in [5, 5.41) is 11.5. The predicted molar refractivity (Wildman–Crippen MR) is 209 cm³/mol. The van der Waals surface area contributed by atoms with Crippen LogP contribution in [0.2, 0.25) is 0 Å². The van der Waals surface area contributed by atoms with E-state index in [9.17, 15) is 36.7 Å². The summed E-state index contributed by atoms with van der Waals surface area (Å²) >= 11 is 5.67. The number of piperidine rings is 1. The van der Waals surface area contributed by atoms with E-state index >= 15 is 0 Å². The maximum Gasteiger partial charge on any atom is 0.419 e. The van der Waals surface area contributed by atoms with E-state index in [-0.39, 0.29) is 47.8 Å². The van der Waals surface area contributed by atoms with Gasteiger partial charge in [0, 0.05) is 57.2 Å². The number of rotatable bonds is 13. The van der Waals surface area contributed by atoms with Crippen molar-refractivity contribution in [2.45, 2.75) is 64.6 Å². The van der Waals surface area contributed by atoms with Crippen molar-refractivity contribution >= 4 is 52.2 Å². The minimum Gasteiger partial charge on any atom is -0.492 e. The third kappa shape index (κ3) is 9.35. The molecule has 0 saturated carbocycles. The van der Waals surface area contributed by atoms with Gasteiger partial charge in [-0.05, 0) is 98.4 Å². The molecule has 1 aromatic heterocycles. The van der Waals surface area contributed by atoms with Crippen molar-refractivity contribution in [2.75, 3.05) is 55.7 Å². The highest BCUT2D eigenvalue weighted by Crippen LogP contribution is 2.40. The largest absolute Gasteiger partial charge is 0.492 e. The first-order valence-corrected chi connectivity index (χ1v) is 19.4. The summed E-state index contributed by atoms with van der Waals surface area (Å²) in [5.41, 5.74) is -0.949. The van der Waals surface area contributed by atoms with Crippen LogP contribution in [0.1, 0.15) is 61.6 Å². The number of anilines is 2. The topological polar surface area (TPSA) is 139 Å². The van der Waals surface area contributed by atoms with Gasteiger partial charge in [0.2, 0.25) is 11.8 Å². The number of ketones is 1. The molecule has 1 atom stereocenters. The van der Waals surface area contributed by atoms with E-state index in [2.05, 4.69) is 20.1 Å². The number of carbonyl (C=O) groups is 4. The van der Waals surface area contributed by atoms with Crippen LogP contribution in [-0.4, -0.2) is 94.8 Å². The molecule has 0 bridgehead atoms. The lowest BCUT2D eigenvalue weighted by atomic mass is 9.90. The Morgan fingerprint density at radius 3 is 2.41 bits per heavy atom. The number of piperazine rings is 1. The van der Waals surface area contributed by atoms with Gasteiger partial charge in [-0.25, -0.2) is 9.37 Å². The number of thiocarbonyl (C=S) groups is 1. The number of ether oxygens (including phenoxy) is 1. The molecule has 2 aromatic carbocycles. The van der Waals surface area contributed by atoms with Crippen molar-refractivity contribution in [1.82, 2.24) is 20.1 Å². The lowest BCUT2D eigenvalue weighted by Crippen LogP contribution is -2.48. The Labute approximate surface area is 338 Å². The van der Waals surface area contributed by atoms with Gasteiger partial charge >= 0.3 is 6.18 Å². The number of aromatic nitrogens is 1. The van der Waals surface area contributed by atoms with Gasteiger partial charge in [-0.3, -0.25) is 39.2 Å². The SMILES string of the molecule is CCc1cc(N2C(=S)N(c3cnc(C#N)c(C(F)(F)F)c3)C(=O)C2(C)C)ccc1OCCN1CCN(CC(=O)Cc2cc(F)cc(CC3CCC(=O)NC3=O)c2)CC1. The van der Waals surface area contributed by atoms with E-state index in [1.54, 1.807) is 36.9 Å². The van der Waals surface area contributed by atoms with Gasteiger partial charge < -0.3 is 9.64 Å². The van der Waals surface area contributed by atoms with Gasteiger partial charge in [-0.15, -0.1) is 0 Å². The van der Waals surface area contributed by atoms with Crippen LogP contribution in [-0.2, 0) is 44.6 Å². The van der Waals surface area contributed by atoms with Crippen LogP contribution >= 0.6 is 12.2 Å². The molecule has 12 nitrogen and oxygen atoms in total. The van der Waals surface area contributed by atoms with Gasteiger partial charge in [0.1, 0.15) is 29.8 Å². The molecule has 0 spiro atoms. The molecule has 3 aliphatic heterocycles. The number of nitrogens with zero attached hydrogens (tertiary/aromatic N) is 6. The lowest BCUT2D eigenvalue weighted by molar-refractivity contribution is -0.138. The van der Waals surface area contributed by atoms with E-state index < -0.39 is 40.6 Å². The number of alkyl halides is 3. The Morgan fingerprint density at radius 1 is 1.03 bits per heavy atom. The molecule has 0 radical (unpaired) electrons. The molecule has 306 valence electrons. The van der Waals surface area contributed by atoms with Crippen molar-refractivity contribution in [3.8, 4) is 11.8 Å². The van der Waals surface area contributed by atoms with Crippen LogP contribution in [0.25, 0.3) is 0 Å². The van der Waals surface area contributed by atoms with Crippen molar-refractivity contribution in [1.29, 1.82) is 5.26 Å². The summed E-state index contributed by atoms with van der Waals surface area (Å²) in [4.78, 5) is 60.9.